The third-order valence-corrected chi connectivity index (χ3v) is 3.25. The largest absolute Gasteiger partial charge is 0.313 e. The van der Waals surface area contributed by atoms with Gasteiger partial charge in [-0.3, -0.25) is 0 Å². The van der Waals surface area contributed by atoms with Crippen molar-refractivity contribution in [2.24, 2.45) is 0 Å². The summed E-state index contributed by atoms with van der Waals surface area (Å²) in [6.45, 7) is 8.35. The first-order valence-electron chi connectivity index (χ1n) is 7.09. The van der Waals surface area contributed by atoms with Crippen LogP contribution in [0.1, 0.15) is 37.1 Å². The minimum atomic E-state index is 0.900. The van der Waals surface area contributed by atoms with Crippen molar-refractivity contribution in [3.05, 3.63) is 47.3 Å². The van der Waals surface area contributed by atoms with Crippen molar-refractivity contribution in [1.29, 1.82) is 0 Å². The highest BCUT2D eigenvalue weighted by atomic mass is 15.3. The summed E-state index contributed by atoms with van der Waals surface area (Å²) in [6, 6.07) is 8.51. The molecule has 0 amide bonds. The smallest absolute Gasteiger partial charge is 0.0651 e. The SMILES string of the molecule is CCCc1c(CNCC)cnn1-c1cccc(C)c1. The predicted octanol–water partition coefficient (Wildman–Crippen LogP) is 3.24. The second-order valence-electron chi connectivity index (χ2n) is 4.90. The van der Waals surface area contributed by atoms with Gasteiger partial charge < -0.3 is 5.32 Å². The van der Waals surface area contributed by atoms with E-state index in [2.05, 4.69) is 60.1 Å². The molecule has 0 atom stereocenters. The van der Waals surface area contributed by atoms with Gasteiger partial charge in [-0.1, -0.05) is 32.4 Å². The molecular formula is C16H23N3. The molecule has 0 radical (unpaired) electrons. The van der Waals surface area contributed by atoms with E-state index >= 15 is 0 Å². The van der Waals surface area contributed by atoms with Crippen molar-refractivity contribution in [2.75, 3.05) is 6.54 Å². The van der Waals surface area contributed by atoms with Gasteiger partial charge in [0, 0.05) is 17.8 Å². The number of aryl methyl sites for hydroxylation is 1. The van der Waals surface area contributed by atoms with Gasteiger partial charge in [0.25, 0.3) is 0 Å². The summed E-state index contributed by atoms with van der Waals surface area (Å²) in [4.78, 5) is 0. The Bertz CT molecular complexity index is 529. The molecule has 2 aromatic rings. The molecule has 3 nitrogen and oxygen atoms in total. The summed E-state index contributed by atoms with van der Waals surface area (Å²) in [6.07, 6.45) is 4.20. The minimum absolute atomic E-state index is 0.900. The summed E-state index contributed by atoms with van der Waals surface area (Å²) in [5, 5.41) is 7.96. The topological polar surface area (TPSA) is 29.9 Å². The lowest BCUT2D eigenvalue weighted by atomic mass is 10.1. The fourth-order valence-electron chi connectivity index (χ4n) is 2.30. The van der Waals surface area contributed by atoms with Gasteiger partial charge in [0.15, 0.2) is 0 Å². The molecule has 0 saturated carbocycles. The Balaban J connectivity index is 2.36. The van der Waals surface area contributed by atoms with E-state index in [1.807, 2.05) is 6.20 Å². The Kier molecular flexibility index (Phi) is 4.74. The van der Waals surface area contributed by atoms with Crippen molar-refractivity contribution in [1.82, 2.24) is 15.1 Å². The standard InChI is InChI=1S/C16H23N3/c1-4-7-16-14(11-17-5-2)12-18-19(16)15-9-6-8-13(3)10-15/h6,8-10,12,17H,4-5,7,11H2,1-3H3. The second kappa shape index (κ2) is 6.53. The molecule has 19 heavy (non-hydrogen) atoms. The summed E-state index contributed by atoms with van der Waals surface area (Å²) in [7, 11) is 0. The molecule has 1 aromatic carbocycles. The number of benzene rings is 1. The highest BCUT2D eigenvalue weighted by molar-refractivity contribution is 5.38. The molecule has 0 unspecified atom stereocenters. The first kappa shape index (κ1) is 13.8. The van der Waals surface area contributed by atoms with Gasteiger partial charge in [0.05, 0.1) is 11.9 Å². The molecule has 0 aliphatic rings. The van der Waals surface area contributed by atoms with E-state index in [0.29, 0.717) is 0 Å². The average Bonchev–Trinajstić information content (AvgIpc) is 2.80. The number of nitrogens with one attached hydrogen (secondary N) is 1. The first-order chi connectivity index (χ1) is 9.26. The third kappa shape index (κ3) is 3.24. The molecule has 0 aliphatic carbocycles. The zero-order chi connectivity index (χ0) is 13.7. The molecule has 1 aromatic heterocycles. The summed E-state index contributed by atoms with van der Waals surface area (Å²) in [5.74, 6) is 0. The summed E-state index contributed by atoms with van der Waals surface area (Å²) < 4.78 is 2.09. The predicted molar refractivity (Wildman–Crippen MR) is 79.7 cm³/mol. The van der Waals surface area contributed by atoms with E-state index in [4.69, 9.17) is 0 Å². The Morgan fingerprint density at radius 3 is 2.79 bits per heavy atom. The molecule has 102 valence electrons. The van der Waals surface area contributed by atoms with Crippen molar-refractivity contribution in [3.8, 4) is 5.69 Å². The van der Waals surface area contributed by atoms with Crippen LogP contribution in [0.3, 0.4) is 0 Å². The first-order valence-corrected chi connectivity index (χ1v) is 7.09. The third-order valence-electron chi connectivity index (χ3n) is 3.25. The maximum absolute atomic E-state index is 4.58. The van der Waals surface area contributed by atoms with Crippen LogP contribution in [0, 0.1) is 6.92 Å². The lowest BCUT2D eigenvalue weighted by molar-refractivity contribution is 0.707. The van der Waals surface area contributed by atoms with Crippen LogP contribution >= 0.6 is 0 Å². The fourth-order valence-corrected chi connectivity index (χ4v) is 2.30. The number of rotatable bonds is 6. The van der Waals surface area contributed by atoms with Crippen LogP contribution in [0.2, 0.25) is 0 Å². The molecule has 1 N–H and O–H groups in total. The van der Waals surface area contributed by atoms with Crippen LogP contribution in [-0.4, -0.2) is 16.3 Å². The zero-order valence-electron chi connectivity index (χ0n) is 12.1. The fraction of sp³-hybridized carbons (Fsp3) is 0.438. The highest BCUT2D eigenvalue weighted by Crippen LogP contribution is 2.17. The molecule has 0 saturated heterocycles. The van der Waals surface area contributed by atoms with Crippen molar-refractivity contribution in [3.63, 3.8) is 0 Å². The van der Waals surface area contributed by atoms with Gasteiger partial charge in [-0.2, -0.15) is 5.10 Å². The van der Waals surface area contributed by atoms with Gasteiger partial charge in [0.1, 0.15) is 0 Å². The Morgan fingerprint density at radius 1 is 1.26 bits per heavy atom. The van der Waals surface area contributed by atoms with Gasteiger partial charge in [-0.05, 0) is 37.6 Å². The van der Waals surface area contributed by atoms with E-state index in [9.17, 15) is 0 Å². The Labute approximate surface area is 115 Å². The van der Waals surface area contributed by atoms with Crippen molar-refractivity contribution in [2.45, 2.75) is 40.2 Å². The van der Waals surface area contributed by atoms with Gasteiger partial charge in [0.2, 0.25) is 0 Å². The normalized spacial score (nSPS) is 10.9. The summed E-state index contributed by atoms with van der Waals surface area (Å²) in [5.41, 5.74) is 5.06. The lowest BCUT2D eigenvalue weighted by Gasteiger charge is -2.10. The van der Waals surface area contributed by atoms with Crippen LogP contribution in [0.4, 0.5) is 0 Å². The maximum Gasteiger partial charge on any atom is 0.0651 e. The van der Waals surface area contributed by atoms with E-state index in [1.165, 1.54) is 16.8 Å². The van der Waals surface area contributed by atoms with Gasteiger partial charge in [-0.15, -0.1) is 0 Å². The number of nitrogens with zero attached hydrogens (tertiary/aromatic N) is 2. The van der Waals surface area contributed by atoms with Gasteiger partial charge in [-0.25, -0.2) is 4.68 Å². The van der Waals surface area contributed by atoms with E-state index < -0.39 is 0 Å². The molecular weight excluding hydrogens is 234 g/mol. The Hall–Kier alpha value is -1.61. The zero-order valence-corrected chi connectivity index (χ0v) is 12.1. The molecule has 1 heterocycles. The van der Waals surface area contributed by atoms with Gasteiger partial charge >= 0.3 is 0 Å². The van der Waals surface area contributed by atoms with Crippen molar-refractivity contribution < 1.29 is 0 Å². The van der Waals surface area contributed by atoms with Crippen LogP contribution in [-0.2, 0) is 13.0 Å². The highest BCUT2D eigenvalue weighted by Gasteiger charge is 2.11. The molecule has 2 rings (SSSR count). The molecule has 0 spiro atoms. The van der Waals surface area contributed by atoms with Crippen molar-refractivity contribution >= 4 is 0 Å². The molecule has 0 aliphatic heterocycles. The minimum Gasteiger partial charge on any atom is -0.313 e. The molecule has 0 bridgehead atoms. The number of hydrogen-bond acceptors (Lipinski definition) is 2. The number of hydrogen-bond donors (Lipinski definition) is 1. The monoisotopic (exact) mass is 257 g/mol. The molecule has 3 heteroatoms. The summed E-state index contributed by atoms with van der Waals surface area (Å²) >= 11 is 0. The van der Waals surface area contributed by atoms with E-state index in [-0.39, 0.29) is 0 Å². The van der Waals surface area contributed by atoms with Crippen LogP contribution in [0.25, 0.3) is 5.69 Å². The van der Waals surface area contributed by atoms with Crippen LogP contribution in [0.15, 0.2) is 30.5 Å². The average molecular weight is 257 g/mol. The van der Waals surface area contributed by atoms with E-state index in [0.717, 1.165) is 31.6 Å². The van der Waals surface area contributed by atoms with Crippen LogP contribution in [0.5, 0.6) is 0 Å². The van der Waals surface area contributed by atoms with E-state index in [1.54, 1.807) is 0 Å². The Morgan fingerprint density at radius 2 is 2.11 bits per heavy atom. The second-order valence-corrected chi connectivity index (χ2v) is 4.90. The number of aromatic nitrogens is 2. The quantitative estimate of drug-likeness (QED) is 0.861. The maximum atomic E-state index is 4.58. The van der Waals surface area contributed by atoms with Crippen LogP contribution < -0.4 is 5.32 Å². The molecule has 0 fully saturated rings. The lowest BCUT2D eigenvalue weighted by Crippen LogP contribution is -2.13.